The summed E-state index contributed by atoms with van der Waals surface area (Å²) < 4.78 is 6.27. The van der Waals surface area contributed by atoms with E-state index in [1.165, 1.54) is 86.7 Å². The molecule has 0 radical (unpaired) electrons. The van der Waals surface area contributed by atoms with Crippen LogP contribution in [0.2, 0.25) is 0 Å². The van der Waals surface area contributed by atoms with Gasteiger partial charge in [-0.2, -0.15) is 10.5 Å². The van der Waals surface area contributed by atoms with E-state index < -0.39 is 0 Å². The summed E-state index contributed by atoms with van der Waals surface area (Å²) in [6, 6.07) is 17.5. The van der Waals surface area contributed by atoms with Gasteiger partial charge in [0.05, 0.1) is 0 Å². The highest BCUT2D eigenvalue weighted by Crippen LogP contribution is 2.31. The second-order valence-electron chi connectivity index (χ2n) is 13.0. The number of nitrogens with zero attached hydrogens (tertiary/aromatic N) is 4. The van der Waals surface area contributed by atoms with Crippen molar-refractivity contribution in [2.24, 2.45) is 0 Å². The third kappa shape index (κ3) is 9.30. The Morgan fingerprint density at radius 2 is 1.17 bits per heavy atom. The molecule has 2 aromatic carbocycles. The highest BCUT2D eigenvalue weighted by atomic mass is 16.5. The van der Waals surface area contributed by atoms with Gasteiger partial charge in [-0.25, -0.2) is 0 Å². The Bertz CT molecular complexity index is 1510. The van der Waals surface area contributed by atoms with Gasteiger partial charge < -0.3 is 14.5 Å². The van der Waals surface area contributed by atoms with E-state index in [0.717, 1.165) is 50.1 Å². The minimum absolute atomic E-state index is 0.0747. The van der Waals surface area contributed by atoms with Crippen LogP contribution in [0.15, 0.2) is 83.4 Å². The molecule has 0 fully saturated rings. The predicted octanol–water partition coefficient (Wildman–Crippen LogP) is 10.2. The van der Waals surface area contributed by atoms with E-state index >= 15 is 0 Å². The number of allylic oxidation sites excluding steroid dienone is 6. The molecule has 0 unspecified atom stereocenters. The standard InChI is InChI=1S/C42H50N4O/c1-3-5-7-9-23-45-25-11-13-35-27-33(17-21-41(35)45)15-19-39-29-37(38(31-43)32-44)30-40(47-39)20-16-34-18-22-42-36(28-34)14-12-26-46(42)24-10-8-6-4-2/h15-22,27-30H,3-14,23-26H2,1-2H3/b19-15+,20-16+. The number of nitriles is 2. The molecular formula is C42H50N4O. The fourth-order valence-electron chi connectivity index (χ4n) is 6.88. The summed E-state index contributed by atoms with van der Waals surface area (Å²) in [5, 5.41) is 19.2. The average Bonchev–Trinajstić information content (AvgIpc) is 3.10. The predicted molar refractivity (Wildman–Crippen MR) is 196 cm³/mol. The van der Waals surface area contributed by atoms with E-state index in [9.17, 15) is 10.5 Å². The summed E-state index contributed by atoms with van der Waals surface area (Å²) in [5.74, 6) is 1.20. The normalized spacial score (nSPS) is 15.9. The van der Waals surface area contributed by atoms with Gasteiger partial charge in [-0.1, -0.05) is 76.7 Å². The smallest absolute Gasteiger partial charge is 0.137 e. The van der Waals surface area contributed by atoms with Crippen LogP contribution < -0.4 is 9.80 Å². The molecule has 0 aliphatic carbocycles. The van der Waals surface area contributed by atoms with Gasteiger partial charge in [0.25, 0.3) is 0 Å². The molecule has 2 aromatic rings. The van der Waals surface area contributed by atoms with Crippen LogP contribution in [0.5, 0.6) is 0 Å². The summed E-state index contributed by atoms with van der Waals surface area (Å²) in [4.78, 5) is 5.10. The monoisotopic (exact) mass is 626 g/mol. The molecule has 0 aromatic heterocycles. The zero-order valence-electron chi connectivity index (χ0n) is 28.4. The van der Waals surface area contributed by atoms with Crippen LogP contribution in [-0.2, 0) is 17.6 Å². The van der Waals surface area contributed by atoms with Crippen LogP contribution in [0.1, 0.15) is 100 Å². The van der Waals surface area contributed by atoms with Gasteiger partial charge in [-0.3, -0.25) is 0 Å². The molecule has 0 saturated carbocycles. The van der Waals surface area contributed by atoms with Crippen molar-refractivity contribution in [2.75, 3.05) is 36.0 Å². The first-order chi connectivity index (χ1) is 23.1. The lowest BCUT2D eigenvalue weighted by Gasteiger charge is -2.31. The van der Waals surface area contributed by atoms with E-state index in [1.54, 1.807) is 12.2 Å². The Hall–Kier alpha value is -4.48. The zero-order chi connectivity index (χ0) is 32.8. The zero-order valence-corrected chi connectivity index (χ0v) is 28.4. The molecule has 5 nitrogen and oxygen atoms in total. The third-order valence-electron chi connectivity index (χ3n) is 9.42. The first-order valence-corrected chi connectivity index (χ1v) is 17.9. The minimum Gasteiger partial charge on any atom is -0.457 e. The Morgan fingerprint density at radius 3 is 1.62 bits per heavy atom. The van der Waals surface area contributed by atoms with Gasteiger partial charge >= 0.3 is 0 Å². The molecule has 0 saturated heterocycles. The maximum atomic E-state index is 9.62. The molecule has 0 amide bonds. The van der Waals surface area contributed by atoms with Crippen molar-refractivity contribution in [3.05, 3.63) is 106 Å². The van der Waals surface area contributed by atoms with Crippen molar-refractivity contribution in [3.8, 4) is 12.1 Å². The number of ether oxygens (including phenoxy) is 1. The lowest BCUT2D eigenvalue weighted by atomic mass is 9.98. The van der Waals surface area contributed by atoms with Crippen molar-refractivity contribution < 1.29 is 4.74 Å². The molecule has 0 atom stereocenters. The topological polar surface area (TPSA) is 63.3 Å². The van der Waals surface area contributed by atoms with Crippen LogP contribution in [0, 0.1) is 22.7 Å². The minimum atomic E-state index is 0.0747. The Labute approximate surface area is 282 Å². The maximum Gasteiger partial charge on any atom is 0.137 e. The molecule has 0 N–H and O–H groups in total. The van der Waals surface area contributed by atoms with E-state index in [0.29, 0.717) is 17.1 Å². The molecule has 3 aliphatic heterocycles. The van der Waals surface area contributed by atoms with E-state index in [4.69, 9.17) is 4.74 Å². The van der Waals surface area contributed by atoms with E-state index in [2.05, 4.69) is 72.2 Å². The number of hydrogen-bond acceptors (Lipinski definition) is 5. The highest BCUT2D eigenvalue weighted by Gasteiger charge is 2.18. The molecular weight excluding hydrogens is 576 g/mol. The average molecular weight is 627 g/mol. The van der Waals surface area contributed by atoms with Crippen molar-refractivity contribution >= 4 is 23.5 Å². The summed E-state index contributed by atoms with van der Waals surface area (Å²) in [7, 11) is 0. The fourth-order valence-corrected chi connectivity index (χ4v) is 6.88. The number of anilines is 2. The second-order valence-corrected chi connectivity index (χ2v) is 13.0. The fraction of sp³-hybridized carbons (Fsp3) is 0.429. The number of fused-ring (bicyclic) bond motifs is 2. The second kappa shape index (κ2) is 17.4. The molecule has 0 spiro atoms. The van der Waals surface area contributed by atoms with Crippen LogP contribution in [0.4, 0.5) is 11.4 Å². The molecule has 5 rings (SSSR count). The Kier molecular flexibility index (Phi) is 12.6. The van der Waals surface area contributed by atoms with Gasteiger partial charge in [0.15, 0.2) is 0 Å². The van der Waals surface area contributed by atoms with Gasteiger partial charge in [0.1, 0.15) is 29.2 Å². The van der Waals surface area contributed by atoms with Gasteiger partial charge in [-0.05, 0) is 109 Å². The summed E-state index contributed by atoms with van der Waals surface area (Å²) in [6.45, 7) is 9.05. The summed E-state index contributed by atoms with van der Waals surface area (Å²) >= 11 is 0. The van der Waals surface area contributed by atoms with Crippen LogP contribution in [-0.4, -0.2) is 26.2 Å². The molecule has 5 heteroatoms. The lowest BCUT2D eigenvalue weighted by Crippen LogP contribution is -2.30. The molecule has 3 aliphatic rings. The third-order valence-corrected chi connectivity index (χ3v) is 9.42. The SMILES string of the molecule is CCCCCCN1CCCc2cc(/C=C/C3=CC(=C(C#N)C#N)C=C(/C=C/c4ccc5c(c4)CCCN5CCCCCC)O3)ccc21. The first kappa shape index (κ1) is 33.9. The molecule has 0 bridgehead atoms. The number of unbranched alkanes of at least 4 members (excludes halogenated alkanes) is 6. The summed E-state index contributed by atoms with van der Waals surface area (Å²) in [5.41, 5.74) is 8.41. The van der Waals surface area contributed by atoms with Crippen LogP contribution >= 0.6 is 0 Å². The van der Waals surface area contributed by atoms with Gasteiger partial charge in [-0.15, -0.1) is 0 Å². The number of benzene rings is 2. The van der Waals surface area contributed by atoms with Crippen molar-refractivity contribution in [1.29, 1.82) is 10.5 Å². The highest BCUT2D eigenvalue weighted by molar-refractivity contribution is 5.66. The summed E-state index contributed by atoms with van der Waals surface area (Å²) in [6.07, 6.45) is 26.3. The first-order valence-electron chi connectivity index (χ1n) is 17.9. The number of rotatable bonds is 14. The van der Waals surface area contributed by atoms with E-state index in [1.807, 2.05) is 24.3 Å². The van der Waals surface area contributed by atoms with Gasteiger partial charge in [0.2, 0.25) is 0 Å². The Balaban J connectivity index is 1.29. The van der Waals surface area contributed by atoms with Crippen LogP contribution in [0.3, 0.4) is 0 Å². The van der Waals surface area contributed by atoms with Crippen molar-refractivity contribution in [1.82, 2.24) is 0 Å². The van der Waals surface area contributed by atoms with Crippen LogP contribution in [0.25, 0.3) is 12.2 Å². The lowest BCUT2D eigenvalue weighted by molar-refractivity contribution is 0.332. The van der Waals surface area contributed by atoms with Gasteiger partial charge in [0, 0.05) is 43.1 Å². The van der Waals surface area contributed by atoms with Crippen molar-refractivity contribution in [3.63, 3.8) is 0 Å². The largest absolute Gasteiger partial charge is 0.457 e. The maximum absolute atomic E-state index is 9.62. The molecule has 47 heavy (non-hydrogen) atoms. The Morgan fingerprint density at radius 1 is 0.681 bits per heavy atom. The molecule has 244 valence electrons. The number of hydrogen-bond donors (Lipinski definition) is 0. The van der Waals surface area contributed by atoms with E-state index in [-0.39, 0.29) is 5.57 Å². The molecule has 3 heterocycles. The quantitative estimate of drug-likeness (QED) is 0.154. The van der Waals surface area contributed by atoms with Crippen molar-refractivity contribution in [2.45, 2.75) is 90.9 Å². The number of aryl methyl sites for hydroxylation is 2.